The Morgan fingerprint density at radius 1 is 1.29 bits per heavy atom. The van der Waals surface area contributed by atoms with E-state index in [2.05, 4.69) is 25.1 Å². The van der Waals surface area contributed by atoms with E-state index < -0.39 is 0 Å². The van der Waals surface area contributed by atoms with E-state index in [0.29, 0.717) is 19.6 Å². The van der Waals surface area contributed by atoms with Gasteiger partial charge in [-0.15, -0.1) is 0 Å². The zero-order chi connectivity index (χ0) is 12.1. The molecule has 1 aromatic carbocycles. The van der Waals surface area contributed by atoms with E-state index in [1.807, 2.05) is 18.2 Å². The zero-order valence-electron chi connectivity index (χ0n) is 10.1. The Balaban J connectivity index is 2.26. The number of ether oxygens (including phenoxy) is 2. The van der Waals surface area contributed by atoms with Crippen LogP contribution in [0.2, 0.25) is 0 Å². The molecular formula is C14H17NO2. The largest absolute Gasteiger partial charge is 0.349 e. The summed E-state index contributed by atoms with van der Waals surface area (Å²) in [7, 11) is 0. The van der Waals surface area contributed by atoms with Crippen LogP contribution in [0.3, 0.4) is 0 Å². The molecule has 0 aliphatic carbocycles. The van der Waals surface area contributed by atoms with Crippen molar-refractivity contribution in [3.8, 4) is 6.07 Å². The zero-order valence-corrected chi connectivity index (χ0v) is 10.1. The van der Waals surface area contributed by atoms with Gasteiger partial charge < -0.3 is 9.47 Å². The van der Waals surface area contributed by atoms with Crippen LogP contribution in [0, 0.1) is 11.3 Å². The molecule has 0 N–H and O–H groups in total. The molecule has 0 saturated carbocycles. The second-order valence-corrected chi connectivity index (χ2v) is 4.52. The van der Waals surface area contributed by atoms with Gasteiger partial charge in [0.25, 0.3) is 0 Å². The van der Waals surface area contributed by atoms with Crippen LogP contribution in [0.4, 0.5) is 0 Å². The number of nitrogens with zero attached hydrogens (tertiary/aromatic N) is 1. The lowest BCUT2D eigenvalue weighted by molar-refractivity contribution is -0.0962. The van der Waals surface area contributed by atoms with Crippen molar-refractivity contribution in [2.45, 2.75) is 31.5 Å². The Morgan fingerprint density at radius 2 is 1.94 bits per heavy atom. The van der Waals surface area contributed by atoms with Crippen molar-refractivity contribution < 1.29 is 9.47 Å². The molecule has 2 rings (SSSR count). The van der Waals surface area contributed by atoms with Gasteiger partial charge in [0.05, 0.1) is 19.3 Å². The molecule has 0 aromatic heterocycles. The molecule has 0 bridgehead atoms. The number of hydrogen-bond donors (Lipinski definition) is 0. The summed E-state index contributed by atoms with van der Waals surface area (Å²) in [6.45, 7) is 3.38. The molecule has 0 amide bonds. The first-order valence-electron chi connectivity index (χ1n) is 5.93. The fourth-order valence-corrected chi connectivity index (χ4v) is 2.26. The Morgan fingerprint density at radius 3 is 2.53 bits per heavy atom. The molecule has 17 heavy (non-hydrogen) atoms. The highest BCUT2D eigenvalue weighted by Crippen LogP contribution is 2.36. The van der Waals surface area contributed by atoms with E-state index >= 15 is 0 Å². The number of rotatable bonds is 4. The predicted molar refractivity (Wildman–Crippen MR) is 64.3 cm³/mol. The highest BCUT2D eigenvalue weighted by molar-refractivity contribution is 5.26. The summed E-state index contributed by atoms with van der Waals surface area (Å²) in [6.07, 6.45) is 1.02. The topological polar surface area (TPSA) is 42.2 Å². The fraction of sp³-hybridized carbons (Fsp3) is 0.500. The van der Waals surface area contributed by atoms with Gasteiger partial charge in [0.2, 0.25) is 0 Å². The molecule has 1 heterocycles. The molecular weight excluding hydrogens is 214 g/mol. The second-order valence-electron chi connectivity index (χ2n) is 4.52. The van der Waals surface area contributed by atoms with Gasteiger partial charge in [-0.2, -0.15) is 5.26 Å². The Labute approximate surface area is 102 Å². The maximum absolute atomic E-state index is 8.79. The van der Waals surface area contributed by atoms with E-state index in [1.165, 1.54) is 5.56 Å². The SMILES string of the molecule is CC(CCC#N)(c1ccccc1)C1OCCO1. The van der Waals surface area contributed by atoms with E-state index in [1.54, 1.807) is 0 Å². The highest BCUT2D eigenvalue weighted by Gasteiger charge is 2.39. The summed E-state index contributed by atoms with van der Waals surface area (Å²) in [5, 5.41) is 8.79. The molecule has 0 radical (unpaired) electrons. The monoisotopic (exact) mass is 231 g/mol. The summed E-state index contributed by atoms with van der Waals surface area (Å²) < 4.78 is 11.3. The second kappa shape index (κ2) is 5.31. The van der Waals surface area contributed by atoms with E-state index in [0.717, 1.165) is 6.42 Å². The smallest absolute Gasteiger partial charge is 0.167 e. The molecule has 0 spiro atoms. The van der Waals surface area contributed by atoms with Crippen molar-refractivity contribution in [2.24, 2.45) is 0 Å². The van der Waals surface area contributed by atoms with E-state index in [4.69, 9.17) is 14.7 Å². The molecule has 1 aliphatic heterocycles. The Bertz CT molecular complexity index is 392. The van der Waals surface area contributed by atoms with Crippen LogP contribution in [0.1, 0.15) is 25.3 Å². The average molecular weight is 231 g/mol. The third-order valence-electron chi connectivity index (χ3n) is 3.33. The van der Waals surface area contributed by atoms with Crippen LogP contribution in [0.15, 0.2) is 30.3 Å². The first-order valence-corrected chi connectivity index (χ1v) is 5.93. The van der Waals surface area contributed by atoms with Gasteiger partial charge in [-0.05, 0) is 12.0 Å². The number of benzene rings is 1. The molecule has 3 nitrogen and oxygen atoms in total. The summed E-state index contributed by atoms with van der Waals surface area (Å²) in [5.41, 5.74) is 0.926. The molecule has 1 aliphatic rings. The molecule has 1 atom stereocenters. The van der Waals surface area contributed by atoms with Crippen LogP contribution >= 0.6 is 0 Å². The molecule has 1 fully saturated rings. The molecule has 1 saturated heterocycles. The summed E-state index contributed by atoms with van der Waals surface area (Å²) >= 11 is 0. The lowest BCUT2D eigenvalue weighted by atomic mass is 9.78. The third-order valence-corrected chi connectivity index (χ3v) is 3.33. The van der Waals surface area contributed by atoms with Crippen molar-refractivity contribution in [1.82, 2.24) is 0 Å². The van der Waals surface area contributed by atoms with Gasteiger partial charge in [-0.3, -0.25) is 0 Å². The van der Waals surface area contributed by atoms with Gasteiger partial charge >= 0.3 is 0 Å². The van der Waals surface area contributed by atoms with Crippen molar-refractivity contribution in [1.29, 1.82) is 5.26 Å². The minimum atomic E-state index is -0.243. The van der Waals surface area contributed by atoms with Crippen molar-refractivity contribution >= 4 is 0 Å². The minimum Gasteiger partial charge on any atom is -0.349 e. The maximum Gasteiger partial charge on any atom is 0.167 e. The first-order chi connectivity index (χ1) is 8.27. The van der Waals surface area contributed by atoms with Crippen LogP contribution in [0.5, 0.6) is 0 Å². The van der Waals surface area contributed by atoms with Gasteiger partial charge in [0, 0.05) is 11.8 Å². The van der Waals surface area contributed by atoms with Crippen LogP contribution in [-0.4, -0.2) is 19.5 Å². The average Bonchev–Trinajstić information content (AvgIpc) is 2.91. The van der Waals surface area contributed by atoms with Gasteiger partial charge in [-0.25, -0.2) is 0 Å². The Kier molecular flexibility index (Phi) is 3.78. The number of hydrogen-bond acceptors (Lipinski definition) is 3. The molecule has 1 aromatic rings. The van der Waals surface area contributed by atoms with Crippen molar-refractivity contribution in [3.05, 3.63) is 35.9 Å². The predicted octanol–water partition coefficient (Wildman–Crippen LogP) is 2.62. The summed E-state index contributed by atoms with van der Waals surface area (Å²) in [5.74, 6) is 0. The van der Waals surface area contributed by atoms with Crippen LogP contribution in [0.25, 0.3) is 0 Å². The molecule has 3 heteroatoms. The van der Waals surface area contributed by atoms with Gasteiger partial charge in [-0.1, -0.05) is 37.3 Å². The lowest BCUT2D eigenvalue weighted by Gasteiger charge is -2.33. The maximum atomic E-state index is 8.79. The third kappa shape index (κ3) is 2.49. The summed E-state index contributed by atoms with van der Waals surface area (Å²) in [4.78, 5) is 0. The quantitative estimate of drug-likeness (QED) is 0.800. The van der Waals surface area contributed by atoms with Crippen LogP contribution in [-0.2, 0) is 14.9 Å². The van der Waals surface area contributed by atoms with E-state index in [-0.39, 0.29) is 11.7 Å². The summed E-state index contributed by atoms with van der Waals surface area (Å²) in [6, 6.07) is 12.4. The minimum absolute atomic E-state index is 0.238. The highest BCUT2D eigenvalue weighted by atomic mass is 16.7. The van der Waals surface area contributed by atoms with Gasteiger partial charge in [0.15, 0.2) is 6.29 Å². The first kappa shape index (κ1) is 12.1. The molecule has 1 unspecified atom stereocenters. The number of nitriles is 1. The van der Waals surface area contributed by atoms with Crippen molar-refractivity contribution in [3.63, 3.8) is 0 Å². The lowest BCUT2D eigenvalue weighted by Crippen LogP contribution is -2.37. The fourth-order valence-electron chi connectivity index (χ4n) is 2.26. The van der Waals surface area contributed by atoms with E-state index in [9.17, 15) is 0 Å². The molecule has 90 valence electrons. The van der Waals surface area contributed by atoms with Gasteiger partial charge in [0.1, 0.15) is 0 Å². The normalized spacial score (nSPS) is 19.8. The van der Waals surface area contributed by atoms with Crippen molar-refractivity contribution in [2.75, 3.05) is 13.2 Å². The van der Waals surface area contributed by atoms with Crippen LogP contribution < -0.4 is 0 Å². The standard InChI is InChI=1S/C14H17NO2/c1-14(8-5-9-15,13-16-10-11-17-13)12-6-3-2-4-7-12/h2-4,6-7,13H,5,8,10-11H2,1H3. The Hall–Kier alpha value is -1.37.